The largest absolute Gasteiger partial charge is 1.00 e. The van der Waals surface area contributed by atoms with Gasteiger partial charge in [-0.05, 0) is 42.2 Å². The van der Waals surface area contributed by atoms with E-state index in [-0.39, 0.29) is 29.9 Å². The minimum absolute atomic E-state index is 0. The molecule has 0 spiro atoms. The van der Waals surface area contributed by atoms with Crippen molar-refractivity contribution in [3.8, 4) is 0 Å². The van der Waals surface area contributed by atoms with E-state index in [1.54, 1.807) is 11.8 Å². The molecule has 1 amide bonds. The van der Waals surface area contributed by atoms with Crippen LogP contribution in [0.15, 0.2) is 102 Å². The van der Waals surface area contributed by atoms with Crippen LogP contribution in [0.1, 0.15) is 27.7 Å². The van der Waals surface area contributed by atoms with Gasteiger partial charge >= 0.3 is 0 Å². The summed E-state index contributed by atoms with van der Waals surface area (Å²) >= 11 is 1.73. The van der Waals surface area contributed by atoms with Crippen LogP contribution in [0.25, 0.3) is 0 Å². The first-order valence-corrected chi connectivity index (χ1v) is 13.4. The molecule has 32 heavy (non-hydrogen) atoms. The fraction of sp³-hybridized carbons (Fsp3) is 0.222. The summed E-state index contributed by atoms with van der Waals surface area (Å²) < 4.78 is 0. The van der Waals surface area contributed by atoms with Crippen LogP contribution in [0.2, 0.25) is 0 Å². The van der Waals surface area contributed by atoms with Crippen LogP contribution in [0.5, 0.6) is 0 Å². The van der Waals surface area contributed by atoms with Crippen molar-refractivity contribution in [2.45, 2.75) is 27.7 Å². The van der Waals surface area contributed by atoms with Gasteiger partial charge in [0.2, 0.25) is 5.91 Å². The maximum absolute atomic E-state index is 13.2. The third kappa shape index (κ3) is 5.84. The number of thioether (sulfide) groups is 1. The maximum Gasteiger partial charge on any atom is 0.232 e. The number of rotatable bonds is 7. The molecule has 0 saturated heterocycles. The van der Waals surface area contributed by atoms with Gasteiger partial charge in [-0.15, -0.1) is 11.8 Å². The highest BCUT2D eigenvalue weighted by atomic mass is 127. The van der Waals surface area contributed by atoms with E-state index in [9.17, 15) is 4.79 Å². The van der Waals surface area contributed by atoms with E-state index in [0.717, 1.165) is 11.2 Å². The molecule has 0 aliphatic heterocycles. The average molecular weight is 575 g/mol. The summed E-state index contributed by atoms with van der Waals surface area (Å²) in [5, 5.41) is 9.23. The Hall–Kier alpha value is -1.62. The Morgan fingerprint density at radius 3 is 1.50 bits per heavy atom. The summed E-state index contributed by atoms with van der Waals surface area (Å²) in [5.74, 6) is 0.968. The van der Waals surface area contributed by atoms with Gasteiger partial charge in [0.05, 0.1) is 0 Å². The van der Waals surface area contributed by atoms with E-state index in [4.69, 9.17) is 0 Å². The van der Waals surface area contributed by atoms with Gasteiger partial charge in [0, 0.05) is 10.8 Å². The lowest BCUT2D eigenvalue weighted by Gasteiger charge is -2.30. The third-order valence-electron chi connectivity index (χ3n) is 5.08. The van der Waals surface area contributed by atoms with Crippen LogP contribution in [0.3, 0.4) is 0 Å². The second-order valence-electron chi connectivity index (χ2n) is 8.34. The van der Waals surface area contributed by atoms with E-state index < -0.39 is 12.7 Å². The number of hydrogen-bond acceptors (Lipinski definition) is 2. The molecule has 2 nitrogen and oxygen atoms in total. The maximum atomic E-state index is 13.2. The highest BCUT2D eigenvalue weighted by Crippen LogP contribution is 2.61. The Kier molecular flexibility index (Phi) is 10.00. The zero-order valence-electron chi connectivity index (χ0n) is 19.1. The van der Waals surface area contributed by atoms with E-state index in [2.05, 4.69) is 90.4 Å². The highest BCUT2D eigenvalue weighted by molar-refractivity contribution is 8.04. The number of halogens is 1. The molecule has 168 valence electrons. The number of amides is 1. The molecule has 0 atom stereocenters. The lowest BCUT2D eigenvalue weighted by atomic mass is 9.96. The van der Waals surface area contributed by atoms with Gasteiger partial charge in [-0.25, -0.2) is 0 Å². The van der Waals surface area contributed by atoms with Crippen LogP contribution >= 0.6 is 19.0 Å². The molecule has 0 aromatic heterocycles. The van der Waals surface area contributed by atoms with Crippen molar-refractivity contribution >= 4 is 40.8 Å². The molecule has 3 aromatic rings. The van der Waals surface area contributed by atoms with E-state index in [1.165, 1.54) is 15.9 Å². The summed E-state index contributed by atoms with van der Waals surface area (Å²) in [4.78, 5) is 13.2. The van der Waals surface area contributed by atoms with Crippen molar-refractivity contribution in [1.29, 1.82) is 0 Å². The lowest BCUT2D eigenvalue weighted by Crippen LogP contribution is -3.00. The van der Waals surface area contributed by atoms with Gasteiger partial charge in [-0.2, -0.15) is 0 Å². The molecule has 0 radical (unpaired) electrons. The zero-order valence-corrected chi connectivity index (χ0v) is 23.0. The Bertz CT molecular complexity index is 921. The molecule has 0 aliphatic carbocycles. The van der Waals surface area contributed by atoms with Crippen LogP contribution in [0.4, 0.5) is 0 Å². The van der Waals surface area contributed by atoms with Gasteiger partial charge in [-0.3, -0.25) is 10.1 Å². The van der Waals surface area contributed by atoms with E-state index >= 15 is 0 Å². The SMILES string of the molecule is CCS/C=C(\NC(=O)C(C)(C)C)[P+](c1ccccc1)(c1ccccc1)c1ccccc1.[I-]. The molecule has 3 aromatic carbocycles. The molecular weight excluding hydrogens is 544 g/mol. The Morgan fingerprint density at radius 1 is 0.812 bits per heavy atom. The normalized spacial score (nSPS) is 12.1. The van der Waals surface area contributed by atoms with Crippen LogP contribution in [-0.4, -0.2) is 11.7 Å². The molecular formula is C27H31INOPS. The Morgan fingerprint density at radius 2 is 1.19 bits per heavy atom. The van der Waals surface area contributed by atoms with Crippen LogP contribution < -0.4 is 45.2 Å². The molecule has 5 heteroatoms. The van der Waals surface area contributed by atoms with Crippen LogP contribution in [-0.2, 0) is 4.79 Å². The highest BCUT2D eigenvalue weighted by Gasteiger charge is 2.51. The first kappa shape index (κ1) is 26.6. The van der Waals surface area contributed by atoms with Gasteiger partial charge in [0.15, 0.2) is 12.7 Å². The minimum atomic E-state index is -2.31. The van der Waals surface area contributed by atoms with E-state index in [0.29, 0.717) is 0 Å². The smallest absolute Gasteiger partial charge is 0.232 e. The van der Waals surface area contributed by atoms with Crippen LogP contribution in [0, 0.1) is 5.41 Å². The van der Waals surface area contributed by atoms with Gasteiger partial charge < -0.3 is 24.0 Å². The van der Waals surface area contributed by atoms with Crippen molar-refractivity contribution in [3.05, 3.63) is 102 Å². The second-order valence-corrected chi connectivity index (χ2v) is 12.9. The average Bonchev–Trinajstić information content (AvgIpc) is 2.79. The Balaban J connectivity index is 0.00000363. The number of hydrogen-bond donors (Lipinski definition) is 1. The first-order chi connectivity index (χ1) is 14.9. The van der Waals surface area contributed by atoms with Crippen molar-refractivity contribution in [3.63, 3.8) is 0 Å². The monoisotopic (exact) mass is 575 g/mol. The standard InChI is InChI=1S/C27H30NOPS.HI/c1-5-31-21-25(28-26(29)27(2,3)4)30(22-15-9-6-10-16-22,23-17-11-7-12-18-23)24-19-13-8-14-20-24;/h6-21H,5H2,1-4H3;1H/b25-21+;. The van der Waals surface area contributed by atoms with Gasteiger partial charge in [-0.1, -0.05) is 82.3 Å². The molecule has 0 fully saturated rings. The van der Waals surface area contributed by atoms with Crippen molar-refractivity contribution in [1.82, 2.24) is 5.32 Å². The molecule has 0 aliphatic rings. The molecule has 3 rings (SSSR count). The quantitative estimate of drug-likeness (QED) is 0.347. The summed E-state index contributed by atoms with van der Waals surface area (Å²) in [6.07, 6.45) is 0. The molecule has 0 bridgehead atoms. The number of nitrogens with one attached hydrogen (secondary N) is 1. The second kappa shape index (κ2) is 12.0. The summed E-state index contributed by atoms with van der Waals surface area (Å²) in [6.45, 7) is 8.01. The summed E-state index contributed by atoms with van der Waals surface area (Å²) in [5.41, 5.74) is 0.498. The lowest BCUT2D eigenvalue weighted by molar-refractivity contribution is -0.127. The Labute approximate surface area is 214 Å². The fourth-order valence-electron chi connectivity index (χ4n) is 3.48. The van der Waals surface area contributed by atoms with E-state index in [1.807, 2.05) is 39.0 Å². The predicted octanol–water partition coefficient (Wildman–Crippen LogP) is 2.70. The van der Waals surface area contributed by atoms with Crippen molar-refractivity contribution in [2.24, 2.45) is 5.41 Å². The molecule has 0 unspecified atom stereocenters. The zero-order chi connectivity index (χ0) is 22.3. The van der Waals surface area contributed by atoms with Gasteiger partial charge in [0.25, 0.3) is 0 Å². The molecule has 0 saturated carbocycles. The molecule has 1 N–H and O–H groups in total. The molecule has 0 heterocycles. The predicted molar refractivity (Wildman–Crippen MR) is 139 cm³/mol. The summed E-state index contributed by atoms with van der Waals surface area (Å²) in [6, 6.07) is 31.9. The number of carbonyl (C=O) groups excluding carboxylic acids is 1. The van der Waals surface area contributed by atoms with Crippen molar-refractivity contribution in [2.75, 3.05) is 5.75 Å². The summed E-state index contributed by atoms with van der Waals surface area (Å²) in [7, 11) is -2.31. The van der Waals surface area contributed by atoms with Crippen molar-refractivity contribution < 1.29 is 28.8 Å². The topological polar surface area (TPSA) is 29.1 Å². The number of benzene rings is 3. The first-order valence-electron chi connectivity index (χ1n) is 10.6. The third-order valence-corrected chi connectivity index (χ3v) is 10.2. The number of carbonyl (C=O) groups is 1. The fourth-order valence-corrected chi connectivity index (χ4v) is 8.57. The minimum Gasteiger partial charge on any atom is -1.00 e. The van der Waals surface area contributed by atoms with Gasteiger partial charge in [0.1, 0.15) is 15.9 Å².